The van der Waals surface area contributed by atoms with Crippen LogP contribution >= 0.6 is 23.2 Å². The van der Waals surface area contributed by atoms with Crippen LogP contribution in [0.5, 0.6) is 5.75 Å². The number of benzene rings is 3. The second kappa shape index (κ2) is 18.3. The fourth-order valence-electron chi connectivity index (χ4n) is 8.66. The molecular formula is C47H44Cl2FN11O5. The molecule has 9 rings (SSSR count). The first-order valence-corrected chi connectivity index (χ1v) is 21.6. The van der Waals surface area contributed by atoms with Gasteiger partial charge in [-0.2, -0.15) is 0 Å². The molecule has 6 heterocycles. The fourth-order valence-corrected chi connectivity index (χ4v) is 9.11. The van der Waals surface area contributed by atoms with Crippen molar-refractivity contribution in [2.24, 2.45) is 0 Å². The highest BCUT2D eigenvalue weighted by atomic mass is 35.5. The van der Waals surface area contributed by atoms with Gasteiger partial charge in [-0.25, -0.2) is 24.3 Å². The summed E-state index contributed by atoms with van der Waals surface area (Å²) in [5.41, 5.74) is 6.67. The van der Waals surface area contributed by atoms with E-state index >= 15 is 0 Å². The number of nitrogens with two attached hydrogens (primary N) is 1. The van der Waals surface area contributed by atoms with Crippen LogP contribution in [-0.4, -0.2) is 108 Å². The van der Waals surface area contributed by atoms with Crippen molar-refractivity contribution in [1.29, 1.82) is 0 Å². The average molecular weight is 933 g/mol. The highest BCUT2D eigenvalue weighted by molar-refractivity contribution is 6.37. The summed E-state index contributed by atoms with van der Waals surface area (Å²) >= 11 is 12.0. The number of pyridine rings is 2. The van der Waals surface area contributed by atoms with Gasteiger partial charge in [-0.1, -0.05) is 66.7 Å². The summed E-state index contributed by atoms with van der Waals surface area (Å²) in [7, 11) is 0. The molecule has 19 heteroatoms. The van der Waals surface area contributed by atoms with Crippen LogP contribution in [0.25, 0.3) is 44.0 Å². The molecule has 2 amide bonds. The minimum atomic E-state index is -0.853. The van der Waals surface area contributed by atoms with Crippen molar-refractivity contribution in [2.75, 3.05) is 61.3 Å². The average Bonchev–Trinajstić information content (AvgIpc) is 3.32. The number of aryl methyl sites for hydroxylation is 2. The van der Waals surface area contributed by atoms with Crippen LogP contribution in [0.4, 0.5) is 21.7 Å². The molecule has 4 aromatic heterocycles. The van der Waals surface area contributed by atoms with Gasteiger partial charge in [-0.05, 0) is 62.6 Å². The molecule has 7 aromatic rings. The number of anilines is 3. The van der Waals surface area contributed by atoms with Gasteiger partial charge in [-0.15, -0.1) is 0 Å². The smallest absolute Gasteiger partial charge is 0.282 e. The van der Waals surface area contributed by atoms with E-state index in [2.05, 4.69) is 38.0 Å². The lowest BCUT2D eigenvalue weighted by molar-refractivity contribution is -0.127. The van der Waals surface area contributed by atoms with Crippen LogP contribution in [-0.2, 0) is 9.59 Å². The number of piperazine rings is 2. The van der Waals surface area contributed by atoms with E-state index in [-0.39, 0.29) is 61.6 Å². The SMILES string of the molecule is C=CC(=O)N1CCN(c2ncnc3c(=O)n(-c4c(N)c(Cl)cc(Cl)c4F)c(C)cc23)C(C)C1.C=CC(=O)N1CCN(c2ncnc3c(=O)n(-c4c(O)ccc5ccccc45)c(C)cc23)CC1. The molecule has 2 aliphatic rings. The third-order valence-electron chi connectivity index (χ3n) is 11.9. The highest BCUT2D eigenvalue weighted by Crippen LogP contribution is 2.36. The van der Waals surface area contributed by atoms with E-state index in [1.807, 2.05) is 55.1 Å². The first kappa shape index (κ1) is 45.2. The van der Waals surface area contributed by atoms with Crippen molar-refractivity contribution in [3.8, 4) is 17.1 Å². The van der Waals surface area contributed by atoms with Gasteiger partial charge in [0, 0.05) is 68.6 Å². The number of aromatic nitrogens is 6. The van der Waals surface area contributed by atoms with E-state index in [9.17, 15) is 28.7 Å². The molecule has 1 unspecified atom stereocenters. The van der Waals surface area contributed by atoms with Gasteiger partial charge in [-0.3, -0.25) is 28.3 Å². The van der Waals surface area contributed by atoms with Crippen LogP contribution in [0.15, 0.2) is 102 Å². The summed E-state index contributed by atoms with van der Waals surface area (Å²) in [5, 5.41) is 13.3. The third kappa shape index (κ3) is 8.04. The van der Waals surface area contributed by atoms with E-state index < -0.39 is 11.4 Å². The molecule has 2 saturated heterocycles. The van der Waals surface area contributed by atoms with Crippen molar-refractivity contribution in [2.45, 2.75) is 26.8 Å². The van der Waals surface area contributed by atoms with Crippen LogP contribution in [0, 0.1) is 19.7 Å². The number of carbonyl (C=O) groups is 2. The Morgan fingerprint density at radius 3 is 1.92 bits per heavy atom. The summed E-state index contributed by atoms with van der Waals surface area (Å²) < 4.78 is 17.6. The Hall–Kier alpha value is -7.37. The maximum atomic E-state index is 14.9. The molecule has 1 atom stereocenters. The number of hydrogen-bond donors (Lipinski definition) is 2. The van der Waals surface area contributed by atoms with Crippen molar-refractivity contribution in [1.82, 2.24) is 38.9 Å². The maximum absolute atomic E-state index is 14.9. The number of amides is 2. The Bertz CT molecular complexity index is 3240. The van der Waals surface area contributed by atoms with Gasteiger partial charge >= 0.3 is 0 Å². The zero-order valence-corrected chi connectivity index (χ0v) is 37.7. The monoisotopic (exact) mass is 931 g/mol. The van der Waals surface area contributed by atoms with Crippen LogP contribution in [0.1, 0.15) is 18.3 Å². The molecule has 3 aromatic carbocycles. The molecule has 3 N–H and O–H groups in total. The predicted molar refractivity (Wildman–Crippen MR) is 256 cm³/mol. The lowest BCUT2D eigenvalue weighted by atomic mass is 10.1. The van der Waals surface area contributed by atoms with Crippen molar-refractivity contribution < 1.29 is 19.1 Å². The molecule has 0 saturated carbocycles. The molecule has 2 aliphatic heterocycles. The number of carbonyl (C=O) groups excluding carboxylic acids is 2. The summed E-state index contributed by atoms with van der Waals surface area (Å²) in [6.07, 6.45) is 5.30. The molecule has 0 aliphatic carbocycles. The Morgan fingerprint density at radius 1 is 0.742 bits per heavy atom. The van der Waals surface area contributed by atoms with Crippen LogP contribution in [0.3, 0.4) is 0 Å². The number of rotatable bonds is 6. The van der Waals surface area contributed by atoms with Gasteiger partial charge in [0.25, 0.3) is 11.1 Å². The summed E-state index contributed by atoms with van der Waals surface area (Å²) in [6.45, 7) is 16.3. The predicted octanol–water partition coefficient (Wildman–Crippen LogP) is 6.12. The first-order chi connectivity index (χ1) is 31.6. The molecule has 2 fully saturated rings. The normalized spacial score (nSPS) is 15.2. The minimum Gasteiger partial charge on any atom is -0.506 e. The lowest BCUT2D eigenvalue weighted by Gasteiger charge is -2.40. The van der Waals surface area contributed by atoms with Gasteiger partial charge in [0.1, 0.15) is 46.8 Å². The van der Waals surface area contributed by atoms with Gasteiger partial charge in [0.05, 0.1) is 32.2 Å². The van der Waals surface area contributed by atoms with E-state index in [1.54, 1.807) is 28.9 Å². The maximum Gasteiger partial charge on any atom is 0.282 e. The van der Waals surface area contributed by atoms with Crippen LogP contribution < -0.4 is 26.7 Å². The van der Waals surface area contributed by atoms with E-state index in [4.69, 9.17) is 28.9 Å². The first-order valence-electron chi connectivity index (χ1n) is 20.9. The highest BCUT2D eigenvalue weighted by Gasteiger charge is 2.30. The number of phenols is 1. The van der Waals surface area contributed by atoms with E-state index in [1.165, 1.54) is 35.4 Å². The molecular weight excluding hydrogens is 888 g/mol. The second-order valence-corrected chi connectivity index (χ2v) is 16.7. The van der Waals surface area contributed by atoms with Crippen molar-refractivity contribution in [3.05, 3.63) is 141 Å². The molecule has 66 heavy (non-hydrogen) atoms. The second-order valence-electron chi connectivity index (χ2n) is 15.9. The summed E-state index contributed by atoms with van der Waals surface area (Å²) in [6, 6.07) is 15.8. The largest absolute Gasteiger partial charge is 0.506 e. The zero-order valence-electron chi connectivity index (χ0n) is 36.2. The van der Waals surface area contributed by atoms with Gasteiger partial charge in [0.2, 0.25) is 11.8 Å². The molecule has 0 radical (unpaired) electrons. The van der Waals surface area contributed by atoms with Crippen molar-refractivity contribution in [3.63, 3.8) is 0 Å². The van der Waals surface area contributed by atoms with E-state index in [0.29, 0.717) is 85.3 Å². The number of phenolic OH excluding ortho intramolecular Hbond substituents is 1. The zero-order chi connectivity index (χ0) is 47.1. The number of hydrogen-bond acceptors (Lipinski definition) is 12. The number of fused-ring (bicyclic) bond motifs is 3. The quantitative estimate of drug-likeness (QED) is 0.111. The Kier molecular flexibility index (Phi) is 12.5. The van der Waals surface area contributed by atoms with Gasteiger partial charge < -0.3 is 30.4 Å². The van der Waals surface area contributed by atoms with Crippen molar-refractivity contribution >= 4 is 84.9 Å². The number of aromatic hydroxyl groups is 1. The Balaban J connectivity index is 0.000000179. The Morgan fingerprint density at radius 2 is 1.30 bits per heavy atom. The minimum absolute atomic E-state index is 0.0236. The number of nitrogen functional groups attached to an aromatic ring is 1. The fraction of sp³-hybridized carbons (Fsp3) is 0.234. The Labute approximate surface area is 387 Å². The topological polar surface area (TPSA) is 189 Å². The molecule has 16 nitrogen and oxygen atoms in total. The van der Waals surface area contributed by atoms with Gasteiger partial charge in [0.15, 0.2) is 5.82 Å². The number of nitrogens with zero attached hydrogens (tertiary/aromatic N) is 10. The molecule has 338 valence electrons. The molecule has 0 spiro atoms. The standard InChI is InChI=1S/C25H23N5O3.C22H21Cl2FN6O2/c1-3-21(32)28-10-12-29(13-11-28)24-19-14-16(2)30(25(33)22(19)26-15-27-24)23-18-7-5-4-6-17(18)8-9-20(23)31;1-4-16(32)29-5-6-30(12(3)9-29)21-13-7-11(2)31(22(33)19(13)27-10-28-21)20-17(25)14(23)8-15(24)18(20)26/h3-9,14-15,31H,1,10-13H2,2H3;4,7-8,10,12H,1,5-6,9,26H2,2-3H3. The summed E-state index contributed by atoms with van der Waals surface area (Å²) in [5.74, 6) is 0.177. The summed E-state index contributed by atoms with van der Waals surface area (Å²) in [4.78, 5) is 75.9. The third-order valence-corrected chi connectivity index (χ3v) is 12.5. The van der Waals surface area contributed by atoms with E-state index in [0.717, 1.165) is 15.3 Å². The van der Waals surface area contributed by atoms with Crippen LogP contribution in [0.2, 0.25) is 10.0 Å². The lowest BCUT2D eigenvalue weighted by Crippen LogP contribution is -2.53. The number of halogens is 3. The molecule has 0 bridgehead atoms.